The number of carbonyl (C=O) groups excluding carboxylic acids is 2. The highest BCUT2D eigenvalue weighted by molar-refractivity contribution is 8.00. The molecule has 0 saturated heterocycles. The van der Waals surface area contributed by atoms with Crippen LogP contribution in [0.5, 0.6) is 0 Å². The van der Waals surface area contributed by atoms with Crippen LogP contribution < -0.4 is 10.2 Å². The average molecular weight is 395 g/mol. The lowest BCUT2D eigenvalue weighted by molar-refractivity contribution is -0.125. The molecule has 146 valence electrons. The van der Waals surface area contributed by atoms with Crippen molar-refractivity contribution in [2.24, 2.45) is 0 Å². The van der Waals surface area contributed by atoms with Gasteiger partial charge in [0.25, 0.3) is 0 Å². The highest BCUT2D eigenvalue weighted by atomic mass is 32.2. The van der Waals surface area contributed by atoms with Crippen molar-refractivity contribution in [3.8, 4) is 0 Å². The summed E-state index contributed by atoms with van der Waals surface area (Å²) >= 11 is 1.80. The topological polar surface area (TPSA) is 49.4 Å². The van der Waals surface area contributed by atoms with Gasteiger partial charge in [-0.25, -0.2) is 0 Å². The Morgan fingerprint density at radius 1 is 1.11 bits per heavy atom. The maximum atomic E-state index is 12.8. The van der Waals surface area contributed by atoms with Crippen molar-refractivity contribution in [2.75, 3.05) is 11.4 Å². The summed E-state index contributed by atoms with van der Waals surface area (Å²) in [5, 5.41) is 3.50. The molecule has 5 heteroatoms. The molecule has 0 spiro atoms. The van der Waals surface area contributed by atoms with Crippen molar-refractivity contribution in [2.45, 2.75) is 55.2 Å². The smallest absolute Gasteiger partial charge is 0.227 e. The molecule has 0 saturated carbocycles. The van der Waals surface area contributed by atoms with Gasteiger partial charge in [0.2, 0.25) is 11.8 Å². The molecule has 2 amide bonds. The van der Waals surface area contributed by atoms with Crippen LogP contribution in [0.3, 0.4) is 0 Å². The van der Waals surface area contributed by atoms with Crippen LogP contribution in [0, 0.1) is 0 Å². The number of hydrogen-bond acceptors (Lipinski definition) is 3. The monoisotopic (exact) mass is 394 g/mol. The predicted octanol–water partition coefficient (Wildman–Crippen LogP) is 4.49. The minimum atomic E-state index is -0.0391. The summed E-state index contributed by atoms with van der Waals surface area (Å²) in [4.78, 5) is 28.4. The zero-order chi connectivity index (χ0) is 19.5. The standard InChI is InChI=1S/C23H26N2O2S/c1-16-15-25(20-11-4-5-12-21(20)28-16)23(27)14-13-22(26)24-19-10-6-8-17-7-2-3-9-18(17)19/h2-5,7,9,11-12,16,19H,6,8,10,13-15H2,1H3,(H,24,26). The summed E-state index contributed by atoms with van der Waals surface area (Å²) in [7, 11) is 0. The Morgan fingerprint density at radius 2 is 1.89 bits per heavy atom. The Hall–Kier alpha value is -2.27. The first-order valence-corrected chi connectivity index (χ1v) is 10.9. The van der Waals surface area contributed by atoms with Gasteiger partial charge in [-0.15, -0.1) is 11.8 Å². The molecule has 1 aliphatic carbocycles. The Kier molecular flexibility index (Phi) is 5.72. The van der Waals surface area contributed by atoms with Crippen LogP contribution in [-0.4, -0.2) is 23.6 Å². The van der Waals surface area contributed by atoms with E-state index in [1.54, 1.807) is 11.8 Å². The van der Waals surface area contributed by atoms with E-state index in [4.69, 9.17) is 0 Å². The normalized spacial score (nSPS) is 20.8. The van der Waals surface area contributed by atoms with Gasteiger partial charge in [-0.2, -0.15) is 0 Å². The number of anilines is 1. The van der Waals surface area contributed by atoms with E-state index >= 15 is 0 Å². The quantitative estimate of drug-likeness (QED) is 0.831. The fourth-order valence-electron chi connectivity index (χ4n) is 4.15. The summed E-state index contributed by atoms with van der Waals surface area (Å²) in [6, 6.07) is 16.4. The Balaban J connectivity index is 1.36. The second-order valence-electron chi connectivity index (χ2n) is 7.61. The molecule has 1 heterocycles. The van der Waals surface area contributed by atoms with Gasteiger partial charge in [0.15, 0.2) is 0 Å². The molecule has 0 aromatic heterocycles. The average Bonchev–Trinajstić information content (AvgIpc) is 2.71. The van der Waals surface area contributed by atoms with E-state index < -0.39 is 0 Å². The number of nitrogens with one attached hydrogen (secondary N) is 1. The fraction of sp³-hybridized carbons (Fsp3) is 0.391. The molecule has 2 unspecified atom stereocenters. The van der Waals surface area contributed by atoms with Gasteiger partial charge in [0.05, 0.1) is 11.7 Å². The van der Waals surface area contributed by atoms with E-state index in [2.05, 4.69) is 36.5 Å². The second kappa shape index (κ2) is 8.39. The number of fused-ring (bicyclic) bond motifs is 2. The van der Waals surface area contributed by atoms with Gasteiger partial charge < -0.3 is 10.2 Å². The molecular formula is C23H26N2O2S. The van der Waals surface area contributed by atoms with Gasteiger partial charge >= 0.3 is 0 Å². The number of carbonyl (C=O) groups is 2. The van der Waals surface area contributed by atoms with Crippen molar-refractivity contribution in [1.82, 2.24) is 5.32 Å². The van der Waals surface area contributed by atoms with Crippen LogP contribution >= 0.6 is 11.8 Å². The molecule has 4 nitrogen and oxygen atoms in total. The summed E-state index contributed by atoms with van der Waals surface area (Å²) in [6.07, 6.45) is 3.60. The molecule has 0 bridgehead atoms. The van der Waals surface area contributed by atoms with Crippen molar-refractivity contribution in [3.63, 3.8) is 0 Å². The van der Waals surface area contributed by atoms with Gasteiger partial charge in [0.1, 0.15) is 0 Å². The Labute approximate surface area is 170 Å². The minimum absolute atomic E-state index is 0.0267. The maximum Gasteiger partial charge on any atom is 0.227 e. The van der Waals surface area contributed by atoms with Gasteiger partial charge in [-0.3, -0.25) is 9.59 Å². The van der Waals surface area contributed by atoms with E-state index in [1.807, 2.05) is 29.2 Å². The molecule has 1 aliphatic heterocycles. The number of thioether (sulfide) groups is 1. The summed E-state index contributed by atoms with van der Waals surface area (Å²) < 4.78 is 0. The zero-order valence-electron chi connectivity index (χ0n) is 16.2. The van der Waals surface area contributed by atoms with Crippen molar-refractivity contribution in [3.05, 3.63) is 59.7 Å². The van der Waals surface area contributed by atoms with E-state index in [1.165, 1.54) is 11.1 Å². The molecule has 28 heavy (non-hydrogen) atoms. The third kappa shape index (κ3) is 4.09. The molecular weight excluding hydrogens is 368 g/mol. The second-order valence-corrected chi connectivity index (χ2v) is 9.09. The van der Waals surface area contributed by atoms with Crippen LogP contribution in [-0.2, 0) is 16.0 Å². The van der Waals surface area contributed by atoms with E-state index in [0.29, 0.717) is 11.8 Å². The van der Waals surface area contributed by atoms with Crippen LogP contribution in [0.25, 0.3) is 0 Å². The van der Waals surface area contributed by atoms with Crippen LogP contribution in [0.15, 0.2) is 53.4 Å². The molecule has 0 fully saturated rings. The van der Waals surface area contributed by atoms with Gasteiger partial charge in [-0.1, -0.05) is 43.3 Å². The van der Waals surface area contributed by atoms with Crippen molar-refractivity contribution in [1.29, 1.82) is 0 Å². The Bertz CT molecular complexity index is 882. The largest absolute Gasteiger partial charge is 0.349 e. The third-order valence-electron chi connectivity index (χ3n) is 5.50. The Morgan fingerprint density at radius 3 is 2.79 bits per heavy atom. The van der Waals surface area contributed by atoms with Crippen molar-refractivity contribution < 1.29 is 9.59 Å². The lowest BCUT2D eigenvalue weighted by Crippen LogP contribution is -2.39. The molecule has 1 N–H and O–H groups in total. The lowest BCUT2D eigenvalue weighted by atomic mass is 9.87. The molecule has 2 aliphatic rings. The highest BCUT2D eigenvalue weighted by Crippen LogP contribution is 2.38. The number of aryl methyl sites for hydroxylation is 1. The zero-order valence-corrected chi connectivity index (χ0v) is 17.0. The first-order valence-electron chi connectivity index (χ1n) is 10.0. The third-order valence-corrected chi connectivity index (χ3v) is 6.65. The molecule has 2 atom stereocenters. The maximum absolute atomic E-state index is 12.8. The predicted molar refractivity (Wildman–Crippen MR) is 114 cm³/mol. The first-order chi connectivity index (χ1) is 13.6. The summed E-state index contributed by atoms with van der Waals surface area (Å²) in [6.45, 7) is 2.83. The van der Waals surface area contributed by atoms with Gasteiger partial charge in [0, 0.05) is 29.5 Å². The SMILES string of the molecule is CC1CN(C(=O)CCC(=O)NC2CCCc3ccccc32)c2ccccc2S1. The molecule has 2 aromatic carbocycles. The lowest BCUT2D eigenvalue weighted by Gasteiger charge is -2.32. The van der Waals surface area contributed by atoms with E-state index in [9.17, 15) is 9.59 Å². The minimum Gasteiger partial charge on any atom is -0.349 e. The van der Waals surface area contributed by atoms with Crippen molar-refractivity contribution >= 4 is 29.3 Å². The van der Waals surface area contributed by atoms with Crippen LogP contribution in [0.2, 0.25) is 0 Å². The number of hydrogen-bond donors (Lipinski definition) is 1. The number of para-hydroxylation sites is 1. The molecule has 2 aromatic rings. The summed E-state index contributed by atoms with van der Waals surface area (Å²) in [5.41, 5.74) is 3.52. The van der Waals surface area contributed by atoms with E-state index in [-0.39, 0.29) is 30.7 Å². The van der Waals surface area contributed by atoms with Crippen LogP contribution in [0.4, 0.5) is 5.69 Å². The number of amides is 2. The number of benzene rings is 2. The highest BCUT2D eigenvalue weighted by Gasteiger charge is 2.27. The number of rotatable bonds is 4. The first kappa shape index (κ1) is 19.1. The molecule has 0 radical (unpaired) electrons. The van der Waals surface area contributed by atoms with Crippen LogP contribution in [0.1, 0.15) is 49.8 Å². The van der Waals surface area contributed by atoms with E-state index in [0.717, 1.165) is 29.8 Å². The van der Waals surface area contributed by atoms with Gasteiger partial charge in [-0.05, 0) is 42.5 Å². The summed E-state index contributed by atoms with van der Waals surface area (Å²) in [5.74, 6) is -0.0124. The fourth-order valence-corrected chi connectivity index (χ4v) is 5.26. The number of nitrogens with zero attached hydrogens (tertiary/aromatic N) is 1. The molecule has 4 rings (SSSR count).